The van der Waals surface area contributed by atoms with Crippen LogP contribution in [0.25, 0.3) is 0 Å². The summed E-state index contributed by atoms with van der Waals surface area (Å²) in [6, 6.07) is 5.87. The lowest BCUT2D eigenvalue weighted by Crippen LogP contribution is -2.33. The van der Waals surface area contributed by atoms with E-state index in [1.165, 1.54) is 0 Å². The van der Waals surface area contributed by atoms with E-state index in [4.69, 9.17) is 5.73 Å². The maximum absolute atomic E-state index is 5.79. The molecule has 64 valence electrons. The molecule has 0 saturated heterocycles. The number of hydrogen-bond donors (Lipinski definition) is 3. The molecule has 0 saturated carbocycles. The molecule has 0 aromatic heterocycles. The van der Waals surface area contributed by atoms with Crippen LogP contribution >= 0.6 is 0 Å². The highest BCUT2D eigenvalue weighted by atomic mass is 15.2. The van der Waals surface area contributed by atoms with Gasteiger partial charge in [-0.05, 0) is 26.0 Å². The van der Waals surface area contributed by atoms with E-state index >= 15 is 0 Å². The normalized spacial score (nSPS) is 17.8. The number of nitrogen functional groups attached to an aromatic ring is 1. The minimum Gasteiger partial charge on any atom is -0.397 e. The molecule has 1 heterocycles. The Morgan fingerprint density at radius 2 is 2.00 bits per heavy atom. The van der Waals surface area contributed by atoms with Crippen molar-refractivity contribution in [2.45, 2.75) is 19.5 Å². The smallest absolute Gasteiger partial charge is 0.102 e. The molecule has 0 amide bonds. The number of anilines is 3. The van der Waals surface area contributed by atoms with E-state index in [0.717, 1.165) is 17.1 Å². The lowest BCUT2D eigenvalue weighted by Gasteiger charge is -2.19. The number of nitrogens with two attached hydrogens (primary N) is 1. The Labute approximate surface area is 72.0 Å². The Balaban J connectivity index is 2.48. The van der Waals surface area contributed by atoms with Crippen LogP contribution < -0.4 is 16.4 Å². The van der Waals surface area contributed by atoms with E-state index in [0.29, 0.717) is 0 Å². The zero-order valence-corrected chi connectivity index (χ0v) is 7.31. The summed E-state index contributed by atoms with van der Waals surface area (Å²) in [6.45, 7) is 4.15. The van der Waals surface area contributed by atoms with Crippen molar-refractivity contribution in [1.82, 2.24) is 0 Å². The molecule has 1 aliphatic rings. The van der Waals surface area contributed by atoms with Gasteiger partial charge in [-0.3, -0.25) is 0 Å². The highest BCUT2D eigenvalue weighted by molar-refractivity contribution is 5.85. The Morgan fingerprint density at radius 1 is 1.25 bits per heavy atom. The fraction of sp³-hybridized carbons (Fsp3) is 0.333. The number of fused-ring (bicyclic) bond motifs is 1. The molecule has 3 heteroatoms. The number of hydrogen-bond acceptors (Lipinski definition) is 3. The van der Waals surface area contributed by atoms with Crippen molar-refractivity contribution in [3.05, 3.63) is 18.2 Å². The molecule has 0 radical (unpaired) electrons. The third-order valence-corrected chi connectivity index (χ3v) is 1.98. The minimum atomic E-state index is -0.0855. The van der Waals surface area contributed by atoms with Crippen LogP contribution in [-0.4, -0.2) is 5.66 Å². The van der Waals surface area contributed by atoms with Crippen LogP contribution in [0.1, 0.15) is 13.8 Å². The molecule has 0 bridgehead atoms. The van der Waals surface area contributed by atoms with Crippen LogP contribution in [0.15, 0.2) is 18.2 Å². The van der Waals surface area contributed by atoms with Gasteiger partial charge in [0, 0.05) is 0 Å². The second kappa shape index (κ2) is 2.06. The average molecular weight is 163 g/mol. The van der Waals surface area contributed by atoms with Gasteiger partial charge in [-0.1, -0.05) is 6.07 Å². The van der Waals surface area contributed by atoms with Crippen LogP contribution in [0.3, 0.4) is 0 Å². The van der Waals surface area contributed by atoms with Gasteiger partial charge in [0.05, 0.1) is 17.1 Å². The van der Waals surface area contributed by atoms with E-state index in [1.807, 2.05) is 18.2 Å². The standard InChI is InChI=1S/C9H13N3/c1-9(2)11-7-5-3-4-6(10)8(7)12-9/h3-5,11-12H,10H2,1-2H3. The first-order valence-corrected chi connectivity index (χ1v) is 4.03. The zero-order chi connectivity index (χ0) is 8.77. The fourth-order valence-corrected chi connectivity index (χ4v) is 1.49. The first-order valence-electron chi connectivity index (χ1n) is 4.03. The number of nitrogens with one attached hydrogen (secondary N) is 2. The monoisotopic (exact) mass is 163 g/mol. The van der Waals surface area contributed by atoms with Gasteiger partial charge in [-0.25, -0.2) is 0 Å². The van der Waals surface area contributed by atoms with Crippen molar-refractivity contribution in [3.63, 3.8) is 0 Å². The predicted octanol–water partition coefficient (Wildman–Crippen LogP) is 1.84. The van der Waals surface area contributed by atoms with Gasteiger partial charge in [0.15, 0.2) is 0 Å². The van der Waals surface area contributed by atoms with Crippen molar-refractivity contribution in [2.24, 2.45) is 0 Å². The summed E-state index contributed by atoms with van der Waals surface area (Å²) in [5.74, 6) is 0. The minimum absolute atomic E-state index is 0.0855. The van der Waals surface area contributed by atoms with Crippen molar-refractivity contribution in [3.8, 4) is 0 Å². The first kappa shape index (κ1) is 7.28. The Hall–Kier alpha value is -1.38. The summed E-state index contributed by atoms with van der Waals surface area (Å²) in [5.41, 5.74) is 8.60. The van der Waals surface area contributed by atoms with Crippen molar-refractivity contribution in [1.29, 1.82) is 0 Å². The predicted molar refractivity (Wildman–Crippen MR) is 52.2 cm³/mol. The van der Waals surface area contributed by atoms with Gasteiger partial charge in [0.1, 0.15) is 5.66 Å². The van der Waals surface area contributed by atoms with E-state index < -0.39 is 0 Å². The van der Waals surface area contributed by atoms with Crippen LogP contribution in [0.4, 0.5) is 17.1 Å². The second-order valence-corrected chi connectivity index (χ2v) is 3.64. The summed E-state index contributed by atoms with van der Waals surface area (Å²) < 4.78 is 0. The van der Waals surface area contributed by atoms with Crippen LogP contribution in [0.2, 0.25) is 0 Å². The lowest BCUT2D eigenvalue weighted by atomic mass is 10.2. The van der Waals surface area contributed by atoms with Crippen LogP contribution in [0, 0.1) is 0 Å². The third kappa shape index (κ3) is 0.978. The molecule has 0 atom stereocenters. The highest BCUT2D eigenvalue weighted by Crippen LogP contribution is 2.37. The number of benzene rings is 1. The second-order valence-electron chi connectivity index (χ2n) is 3.64. The third-order valence-electron chi connectivity index (χ3n) is 1.98. The van der Waals surface area contributed by atoms with E-state index in [1.54, 1.807) is 0 Å². The molecule has 0 fully saturated rings. The van der Waals surface area contributed by atoms with E-state index in [9.17, 15) is 0 Å². The molecule has 0 aliphatic carbocycles. The summed E-state index contributed by atoms with van der Waals surface area (Å²) in [6.07, 6.45) is 0. The van der Waals surface area contributed by atoms with Crippen molar-refractivity contribution >= 4 is 17.1 Å². The molecule has 1 aromatic rings. The highest BCUT2D eigenvalue weighted by Gasteiger charge is 2.26. The molecular formula is C9H13N3. The Bertz CT molecular complexity index is 318. The SMILES string of the molecule is CC1(C)Nc2cccc(N)c2N1. The number of rotatable bonds is 0. The van der Waals surface area contributed by atoms with Gasteiger partial charge >= 0.3 is 0 Å². The number of para-hydroxylation sites is 1. The zero-order valence-electron chi connectivity index (χ0n) is 7.31. The molecule has 0 spiro atoms. The molecule has 2 rings (SSSR count). The van der Waals surface area contributed by atoms with Crippen molar-refractivity contribution in [2.75, 3.05) is 16.4 Å². The molecule has 4 N–H and O–H groups in total. The summed E-state index contributed by atoms with van der Waals surface area (Å²) >= 11 is 0. The van der Waals surface area contributed by atoms with Gasteiger partial charge in [0.25, 0.3) is 0 Å². The Morgan fingerprint density at radius 3 is 2.67 bits per heavy atom. The molecule has 0 unspecified atom stereocenters. The van der Waals surface area contributed by atoms with E-state index in [2.05, 4.69) is 24.5 Å². The van der Waals surface area contributed by atoms with Crippen LogP contribution in [-0.2, 0) is 0 Å². The lowest BCUT2D eigenvalue weighted by molar-refractivity contribution is 0.675. The Kier molecular flexibility index (Phi) is 1.25. The molecule has 12 heavy (non-hydrogen) atoms. The van der Waals surface area contributed by atoms with Gasteiger partial charge < -0.3 is 16.4 Å². The van der Waals surface area contributed by atoms with Gasteiger partial charge in [0.2, 0.25) is 0 Å². The quantitative estimate of drug-likeness (QED) is 0.511. The molecule has 3 nitrogen and oxygen atoms in total. The fourth-order valence-electron chi connectivity index (χ4n) is 1.49. The van der Waals surface area contributed by atoms with Crippen LogP contribution in [0.5, 0.6) is 0 Å². The summed E-state index contributed by atoms with van der Waals surface area (Å²) in [4.78, 5) is 0. The van der Waals surface area contributed by atoms with Gasteiger partial charge in [-0.2, -0.15) is 0 Å². The molecule has 1 aromatic carbocycles. The average Bonchev–Trinajstić information content (AvgIpc) is 2.25. The molecular weight excluding hydrogens is 150 g/mol. The summed E-state index contributed by atoms with van der Waals surface area (Å²) in [7, 11) is 0. The largest absolute Gasteiger partial charge is 0.397 e. The maximum Gasteiger partial charge on any atom is 0.102 e. The topological polar surface area (TPSA) is 50.1 Å². The van der Waals surface area contributed by atoms with Gasteiger partial charge in [-0.15, -0.1) is 0 Å². The van der Waals surface area contributed by atoms with Crippen molar-refractivity contribution < 1.29 is 0 Å². The molecule has 1 aliphatic heterocycles. The van der Waals surface area contributed by atoms with E-state index in [-0.39, 0.29) is 5.66 Å². The maximum atomic E-state index is 5.79. The summed E-state index contributed by atoms with van der Waals surface area (Å²) in [5, 5.41) is 6.63. The first-order chi connectivity index (χ1) is 5.58.